The van der Waals surface area contributed by atoms with Gasteiger partial charge in [-0.05, 0) is 55.3 Å². The predicted molar refractivity (Wildman–Crippen MR) is 120 cm³/mol. The number of anilines is 1. The van der Waals surface area contributed by atoms with Crippen molar-refractivity contribution in [1.82, 2.24) is 4.31 Å². The molecule has 10 heteroatoms. The minimum absolute atomic E-state index is 0.0928. The number of sulfonamides is 1. The fraction of sp³-hybridized carbons (Fsp3) is 0.381. The van der Waals surface area contributed by atoms with Crippen LogP contribution in [0, 0.1) is 0 Å². The zero-order valence-corrected chi connectivity index (χ0v) is 19.3. The van der Waals surface area contributed by atoms with Gasteiger partial charge in [-0.3, -0.25) is 4.79 Å². The van der Waals surface area contributed by atoms with Crippen molar-refractivity contribution in [3.8, 4) is 0 Å². The van der Waals surface area contributed by atoms with Crippen molar-refractivity contribution in [1.29, 1.82) is 0 Å². The van der Waals surface area contributed by atoms with Crippen LogP contribution >= 0.6 is 11.6 Å². The molecular weight excluding hydrogens is 460 g/mol. The number of rotatable bonds is 7. The van der Waals surface area contributed by atoms with Gasteiger partial charge in [-0.25, -0.2) is 16.8 Å². The molecule has 1 aliphatic heterocycles. The highest BCUT2D eigenvalue weighted by Gasteiger charge is 2.25. The molecule has 0 bridgehead atoms. The fourth-order valence-electron chi connectivity index (χ4n) is 3.38. The van der Waals surface area contributed by atoms with Gasteiger partial charge in [-0.15, -0.1) is 0 Å². The normalized spacial score (nSPS) is 15.9. The van der Waals surface area contributed by atoms with E-state index in [2.05, 4.69) is 5.32 Å². The Balaban J connectivity index is 1.65. The molecule has 168 valence electrons. The lowest BCUT2D eigenvalue weighted by Crippen LogP contribution is -2.32. The molecule has 2 aromatic carbocycles. The molecule has 1 fully saturated rings. The van der Waals surface area contributed by atoms with Crippen LogP contribution in [0.5, 0.6) is 0 Å². The number of benzene rings is 2. The highest BCUT2D eigenvalue weighted by atomic mass is 35.5. The molecule has 0 radical (unpaired) electrons. The minimum atomic E-state index is -3.64. The second kappa shape index (κ2) is 10.1. The lowest BCUT2D eigenvalue weighted by atomic mass is 10.2. The maximum absolute atomic E-state index is 12.9. The van der Waals surface area contributed by atoms with Gasteiger partial charge in [0.1, 0.15) is 0 Å². The maximum Gasteiger partial charge on any atom is 0.243 e. The van der Waals surface area contributed by atoms with Crippen molar-refractivity contribution < 1.29 is 21.6 Å². The zero-order chi connectivity index (χ0) is 22.5. The first-order valence-electron chi connectivity index (χ1n) is 10.1. The number of carbonyl (C=O) groups is 1. The van der Waals surface area contributed by atoms with Crippen molar-refractivity contribution >= 4 is 43.1 Å². The van der Waals surface area contributed by atoms with E-state index in [1.807, 2.05) is 0 Å². The van der Waals surface area contributed by atoms with Gasteiger partial charge in [0.15, 0.2) is 9.84 Å². The smallest absolute Gasteiger partial charge is 0.243 e. The molecule has 1 saturated heterocycles. The molecule has 1 N–H and O–H groups in total. The third kappa shape index (κ3) is 6.29. The highest BCUT2D eigenvalue weighted by molar-refractivity contribution is 7.91. The average Bonchev–Trinajstić information content (AvgIpc) is 3.03. The summed E-state index contributed by atoms with van der Waals surface area (Å²) in [5, 5.41) is 3.02. The summed E-state index contributed by atoms with van der Waals surface area (Å²) in [5.41, 5.74) is 0.310. The third-order valence-electron chi connectivity index (χ3n) is 5.09. The highest BCUT2D eigenvalue weighted by Crippen LogP contribution is 2.23. The number of amides is 1. The number of carbonyl (C=O) groups excluding carboxylic acids is 1. The molecular formula is C21H25ClN2O5S2. The summed E-state index contributed by atoms with van der Waals surface area (Å²) < 4.78 is 52.1. The second-order valence-electron chi connectivity index (χ2n) is 7.42. The molecule has 7 nitrogen and oxygen atoms in total. The Morgan fingerprint density at radius 2 is 1.55 bits per heavy atom. The molecule has 1 amide bonds. The minimum Gasteiger partial charge on any atom is -0.326 e. The predicted octanol–water partition coefficient (Wildman–Crippen LogP) is 3.71. The monoisotopic (exact) mass is 484 g/mol. The maximum atomic E-state index is 12.9. The van der Waals surface area contributed by atoms with Crippen LogP contribution in [0.4, 0.5) is 5.69 Å². The average molecular weight is 485 g/mol. The summed E-state index contributed by atoms with van der Waals surface area (Å²) in [7, 11) is -7.28. The third-order valence-corrected chi connectivity index (χ3v) is 8.97. The van der Waals surface area contributed by atoms with Crippen molar-refractivity contribution in [2.45, 2.75) is 41.9 Å². The van der Waals surface area contributed by atoms with E-state index >= 15 is 0 Å². The van der Waals surface area contributed by atoms with Crippen LogP contribution in [0.1, 0.15) is 32.1 Å². The van der Waals surface area contributed by atoms with Crippen molar-refractivity contribution in [2.24, 2.45) is 0 Å². The molecule has 0 atom stereocenters. The lowest BCUT2D eigenvalue weighted by molar-refractivity contribution is -0.115. The van der Waals surface area contributed by atoms with Crippen LogP contribution in [0.25, 0.3) is 0 Å². The molecule has 0 unspecified atom stereocenters. The van der Waals surface area contributed by atoms with Gasteiger partial charge < -0.3 is 5.32 Å². The Labute approximate surface area is 188 Å². The molecule has 2 aromatic rings. The van der Waals surface area contributed by atoms with Gasteiger partial charge in [-0.1, -0.05) is 30.5 Å². The Kier molecular flexibility index (Phi) is 7.74. The first-order valence-corrected chi connectivity index (χ1v) is 13.5. The number of hydrogen-bond acceptors (Lipinski definition) is 5. The van der Waals surface area contributed by atoms with E-state index in [0.717, 1.165) is 25.7 Å². The van der Waals surface area contributed by atoms with Crippen molar-refractivity contribution in [3.63, 3.8) is 0 Å². The first-order chi connectivity index (χ1) is 14.7. The van der Waals surface area contributed by atoms with Crippen LogP contribution in [-0.2, 0) is 24.7 Å². The van der Waals surface area contributed by atoms with Crippen molar-refractivity contribution in [3.05, 3.63) is 53.6 Å². The van der Waals surface area contributed by atoms with Gasteiger partial charge in [0.25, 0.3) is 0 Å². The number of halogens is 1. The quantitative estimate of drug-likeness (QED) is 0.645. The largest absolute Gasteiger partial charge is 0.326 e. The van der Waals surface area contributed by atoms with Crippen molar-refractivity contribution in [2.75, 3.05) is 24.2 Å². The molecule has 3 rings (SSSR count). The molecule has 31 heavy (non-hydrogen) atoms. The number of sulfone groups is 1. The fourth-order valence-corrected chi connectivity index (χ4v) is 6.31. The topological polar surface area (TPSA) is 101 Å². The Morgan fingerprint density at radius 3 is 2.19 bits per heavy atom. The summed E-state index contributed by atoms with van der Waals surface area (Å²) in [6.45, 7) is 0.975. The van der Waals surface area contributed by atoms with Crippen LogP contribution in [-0.4, -0.2) is 45.9 Å². The Bertz CT molecular complexity index is 1120. The molecule has 0 spiro atoms. The molecule has 0 saturated carbocycles. The van der Waals surface area contributed by atoms with E-state index in [4.69, 9.17) is 11.6 Å². The number of hydrogen-bond donors (Lipinski definition) is 1. The summed E-state index contributed by atoms with van der Waals surface area (Å²) in [5.74, 6) is -0.881. The SMILES string of the molecule is O=C(CCS(=O)(=O)c1ccc(Cl)cc1)Nc1cccc(S(=O)(=O)N2CCCCCC2)c1. The van der Waals surface area contributed by atoms with Gasteiger partial charge in [0.05, 0.1) is 15.5 Å². The Hall–Kier alpha value is -1.94. The summed E-state index contributed by atoms with van der Waals surface area (Å²) in [6.07, 6.45) is 3.44. The van der Waals surface area contributed by atoms with Crippen LogP contribution in [0.3, 0.4) is 0 Å². The van der Waals surface area contributed by atoms with E-state index in [1.54, 1.807) is 12.1 Å². The van der Waals surface area contributed by atoms with Gasteiger partial charge >= 0.3 is 0 Å². The van der Waals surface area contributed by atoms with E-state index in [9.17, 15) is 21.6 Å². The molecule has 1 heterocycles. The molecule has 1 aliphatic rings. The van der Waals surface area contributed by atoms with Gasteiger partial charge in [0, 0.05) is 30.2 Å². The van der Waals surface area contributed by atoms with E-state index in [1.165, 1.54) is 40.7 Å². The van der Waals surface area contributed by atoms with Crippen LogP contribution in [0.15, 0.2) is 58.3 Å². The van der Waals surface area contributed by atoms with Crippen LogP contribution in [0.2, 0.25) is 5.02 Å². The van der Waals surface area contributed by atoms with E-state index in [-0.39, 0.29) is 22.0 Å². The van der Waals surface area contributed by atoms with E-state index in [0.29, 0.717) is 23.8 Å². The van der Waals surface area contributed by atoms with Gasteiger partial charge in [0.2, 0.25) is 15.9 Å². The second-order valence-corrected chi connectivity index (χ2v) is 11.9. The lowest BCUT2D eigenvalue weighted by Gasteiger charge is -2.20. The number of nitrogens with zero attached hydrogens (tertiary/aromatic N) is 1. The number of nitrogens with one attached hydrogen (secondary N) is 1. The summed E-state index contributed by atoms with van der Waals surface area (Å²) >= 11 is 5.78. The van der Waals surface area contributed by atoms with Crippen LogP contribution < -0.4 is 5.32 Å². The zero-order valence-electron chi connectivity index (χ0n) is 17.0. The Morgan fingerprint density at radius 1 is 0.903 bits per heavy atom. The standard InChI is InChI=1S/C21H25ClN2O5S2/c22-17-8-10-19(11-9-17)30(26,27)15-12-21(25)23-18-6-5-7-20(16-18)31(28,29)24-13-3-1-2-4-14-24/h5-11,16H,1-4,12-15H2,(H,23,25). The summed E-state index contributed by atoms with van der Waals surface area (Å²) in [4.78, 5) is 12.5. The summed E-state index contributed by atoms with van der Waals surface area (Å²) in [6, 6.07) is 11.8. The first kappa shape index (κ1) is 23.7. The molecule has 0 aromatic heterocycles. The van der Waals surface area contributed by atoms with E-state index < -0.39 is 25.8 Å². The molecule has 0 aliphatic carbocycles. The van der Waals surface area contributed by atoms with Gasteiger partial charge in [-0.2, -0.15) is 4.31 Å².